The lowest BCUT2D eigenvalue weighted by Gasteiger charge is -2.15. The maximum absolute atomic E-state index is 12.1. The first-order valence-corrected chi connectivity index (χ1v) is 6.20. The molecule has 2 aromatic rings. The Balaban J connectivity index is 2.07. The van der Waals surface area contributed by atoms with Gasteiger partial charge in [-0.05, 0) is 28.1 Å². The number of amides is 1. The lowest BCUT2D eigenvalue weighted by Crippen LogP contribution is -2.26. The van der Waals surface area contributed by atoms with Crippen LogP contribution in [0.3, 0.4) is 0 Å². The van der Waals surface area contributed by atoms with Gasteiger partial charge < -0.3 is 4.90 Å². The number of carbonyl (C=O) groups is 1. The average Bonchev–Trinajstić information content (AvgIpc) is 2.75. The molecule has 0 bridgehead atoms. The van der Waals surface area contributed by atoms with E-state index in [0.29, 0.717) is 16.7 Å². The third kappa shape index (κ3) is 2.95. The Kier molecular flexibility index (Phi) is 3.76. The smallest absolute Gasteiger partial charge is 0.255 e. The maximum atomic E-state index is 12.1. The fourth-order valence-electron chi connectivity index (χ4n) is 1.62. The monoisotopic (exact) mass is 308 g/mol. The van der Waals surface area contributed by atoms with E-state index in [0.717, 1.165) is 5.56 Å². The van der Waals surface area contributed by atoms with E-state index >= 15 is 0 Å². The zero-order valence-corrected chi connectivity index (χ0v) is 11.8. The van der Waals surface area contributed by atoms with E-state index in [1.807, 2.05) is 13.2 Å². The molecule has 0 aliphatic carbocycles. The van der Waals surface area contributed by atoms with Crippen molar-refractivity contribution in [3.8, 4) is 0 Å². The number of carbonyl (C=O) groups excluding carboxylic acids is 1. The Hall–Kier alpha value is -1.69. The highest BCUT2D eigenvalue weighted by atomic mass is 79.9. The topological polar surface area (TPSA) is 51.0 Å². The summed E-state index contributed by atoms with van der Waals surface area (Å²) in [6, 6.07) is 3.50. The van der Waals surface area contributed by atoms with Crippen molar-refractivity contribution in [1.82, 2.24) is 19.7 Å². The summed E-state index contributed by atoms with van der Waals surface area (Å²) >= 11 is 3.24. The molecule has 2 aromatic heterocycles. The number of hydrogen-bond donors (Lipinski definition) is 0. The van der Waals surface area contributed by atoms with Crippen molar-refractivity contribution in [3.05, 3.63) is 46.5 Å². The first kappa shape index (κ1) is 12.8. The predicted molar refractivity (Wildman–Crippen MR) is 70.9 cm³/mol. The van der Waals surface area contributed by atoms with Crippen molar-refractivity contribution in [2.45, 2.75) is 6.54 Å². The number of pyridine rings is 1. The minimum Gasteiger partial charge on any atom is -0.337 e. The molecule has 5 nitrogen and oxygen atoms in total. The van der Waals surface area contributed by atoms with E-state index < -0.39 is 0 Å². The summed E-state index contributed by atoms with van der Waals surface area (Å²) in [5.74, 6) is -0.0566. The molecular formula is C12H13BrN4O. The summed E-state index contributed by atoms with van der Waals surface area (Å²) in [7, 11) is 3.61. The molecule has 0 aromatic carbocycles. The number of rotatable bonds is 3. The van der Waals surface area contributed by atoms with Crippen LogP contribution in [0.4, 0.5) is 0 Å². The molecule has 0 saturated carbocycles. The van der Waals surface area contributed by atoms with Crippen LogP contribution in [0.2, 0.25) is 0 Å². The van der Waals surface area contributed by atoms with Crippen LogP contribution in [0.25, 0.3) is 0 Å². The van der Waals surface area contributed by atoms with Crippen LogP contribution >= 0.6 is 15.9 Å². The molecule has 1 amide bonds. The summed E-state index contributed by atoms with van der Waals surface area (Å²) in [4.78, 5) is 17.8. The van der Waals surface area contributed by atoms with Gasteiger partial charge in [0.05, 0.1) is 11.8 Å². The van der Waals surface area contributed by atoms with Crippen LogP contribution < -0.4 is 0 Å². The quantitative estimate of drug-likeness (QED) is 0.813. The van der Waals surface area contributed by atoms with E-state index in [2.05, 4.69) is 26.0 Å². The molecule has 2 heterocycles. The minimum atomic E-state index is -0.0566. The second-order valence-electron chi connectivity index (χ2n) is 4.05. The molecule has 0 radical (unpaired) electrons. The second kappa shape index (κ2) is 5.30. The highest BCUT2D eigenvalue weighted by Gasteiger charge is 2.12. The fourth-order valence-corrected chi connectivity index (χ4v) is 1.86. The minimum absolute atomic E-state index is 0.0566. The third-order valence-corrected chi connectivity index (χ3v) is 2.97. The van der Waals surface area contributed by atoms with Crippen molar-refractivity contribution in [2.75, 3.05) is 7.05 Å². The SMILES string of the molecule is CN(Cc1cnn(C)c1)C(=O)c1ccc(Br)nc1. The van der Waals surface area contributed by atoms with Crippen LogP contribution in [0.5, 0.6) is 0 Å². The van der Waals surface area contributed by atoms with E-state index in [-0.39, 0.29) is 5.91 Å². The van der Waals surface area contributed by atoms with E-state index in [4.69, 9.17) is 0 Å². The van der Waals surface area contributed by atoms with E-state index in [1.165, 1.54) is 0 Å². The van der Waals surface area contributed by atoms with E-state index in [9.17, 15) is 4.79 Å². The van der Waals surface area contributed by atoms with Crippen molar-refractivity contribution in [2.24, 2.45) is 7.05 Å². The molecule has 0 atom stereocenters. The zero-order chi connectivity index (χ0) is 13.1. The summed E-state index contributed by atoms with van der Waals surface area (Å²) < 4.78 is 2.43. The van der Waals surface area contributed by atoms with Gasteiger partial charge in [-0.3, -0.25) is 9.48 Å². The van der Waals surface area contributed by atoms with Crippen molar-refractivity contribution < 1.29 is 4.79 Å². The second-order valence-corrected chi connectivity index (χ2v) is 4.87. The van der Waals surface area contributed by atoms with Gasteiger partial charge in [-0.1, -0.05) is 0 Å². The van der Waals surface area contributed by atoms with Crippen molar-refractivity contribution in [3.63, 3.8) is 0 Å². The molecule has 0 unspecified atom stereocenters. The van der Waals surface area contributed by atoms with Gasteiger partial charge in [-0.25, -0.2) is 4.98 Å². The van der Waals surface area contributed by atoms with Crippen LogP contribution in [0, 0.1) is 0 Å². The van der Waals surface area contributed by atoms with Gasteiger partial charge in [0, 0.05) is 38.6 Å². The Morgan fingerprint density at radius 3 is 2.78 bits per heavy atom. The first-order valence-electron chi connectivity index (χ1n) is 5.41. The molecule has 18 heavy (non-hydrogen) atoms. The van der Waals surface area contributed by atoms with Gasteiger partial charge in [0.1, 0.15) is 4.60 Å². The molecule has 2 rings (SSSR count). The Morgan fingerprint density at radius 2 is 2.22 bits per heavy atom. The molecule has 0 saturated heterocycles. The fraction of sp³-hybridized carbons (Fsp3) is 0.250. The molecule has 0 aliphatic rings. The largest absolute Gasteiger partial charge is 0.337 e. The summed E-state index contributed by atoms with van der Waals surface area (Å²) in [5.41, 5.74) is 1.57. The summed E-state index contributed by atoms with van der Waals surface area (Å²) in [5, 5.41) is 4.07. The molecule has 94 valence electrons. The predicted octanol–water partition coefficient (Wildman–Crippen LogP) is 1.85. The van der Waals surface area contributed by atoms with Gasteiger partial charge in [0.15, 0.2) is 0 Å². The molecule has 0 spiro atoms. The van der Waals surface area contributed by atoms with Crippen LogP contribution in [-0.4, -0.2) is 32.6 Å². The van der Waals surface area contributed by atoms with Crippen molar-refractivity contribution >= 4 is 21.8 Å². The third-order valence-electron chi connectivity index (χ3n) is 2.50. The van der Waals surface area contributed by atoms with Gasteiger partial charge in [-0.15, -0.1) is 0 Å². The molecule has 0 N–H and O–H groups in total. The zero-order valence-electron chi connectivity index (χ0n) is 10.2. The average molecular weight is 309 g/mol. The summed E-state index contributed by atoms with van der Waals surface area (Å²) in [6.07, 6.45) is 5.21. The van der Waals surface area contributed by atoms with E-state index in [1.54, 1.807) is 41.2 Å². The van der Waals surface area contributed by atoms with Crippen molar-refractivity contribution in [1.29, 1.82) is 0 Å². The van der Waals surface area contributed by atoms with Gasteiger partial charge in [-0.2, -0.15) is 5.10 Å². The standard InChI is InChI=1S/C12H13BrN4O/c1-16(7-9-5-15-17(2)8-9)12(18)10-3-4-11(13)14-6-10/h3-6,8H,7H2,1-2H3. The maximum Gasteiger partial charge on any atom is 0.255 e. The summed E-state index contributed by atoms with van der Waals surface area (Å²) in [6.45, 7) is 0.530. The normalized spacial score (nSPS) is 10.4. The number of aromatic nitrogens is 3. The molecule has 0 aliphatic heterocycles. The Morgan fingerprint density at radius 1 is 1.44 bits per heavy atom. The molecule has 0 fully saturated rings. The van der Waals surface area contributed by atoms with Crippen LogP contribution in [-0.2, 0) is 13.6 Å². The van der Waals surface area contributed by atoms with Crippen LogP contribution in [0.15, 0.2) is 35.3 Å². The lowest BCUT2D eigenvalue weighted by atomic mass is 10.2. The highest BCUT2D eigenvalue weighted by molar-refractivity contribution is 9.10. The highest BCUT2D eigenvalue weighted by Crippen LogP contribution is 2.10. The van der Waals surface area contributed by atoms with Crippen LogP contribution in [0.1, 0.15) is 15.9 Å². The number of hydrogen-bond acceptors (Lipinski definition) is 3. The van der Waals surface area contributed by atoms with Gasteiger partial charge >= 0.3 is 0 Å². The van der Waals surface area contributed by atoms with Gasteiger partial charge in [0.25, 0.3) is 5.91 Å². The molecular weight excluding hydrogens is 296 g/mol. The Labute approximate surface area is 114 Å². The Bertz CT molecular complexity index is 549. The first-order chi connectivity index (χ1) is 8.56. The molecule has 6 heteroatoms. The number of halogens is 1. The lowest BCUT2D eigenvalue weighted by molar-refractivity contribution is 0.0784. The number of nitrogens with zero attached hydrogens (tertiary/aromatic N) is 4. The number of aryl methyl sites for hydroxylation is 1. The van der Waals surface area contributed by atoms with Gasteiger partial charge in [0.2, 0.25) is 0 Å².